The lowest BCUT2D eigenvalue weighted by atomic mass is 10.1. The molecule has 0 N–H and O–H groups in total. The Bertz CT molecular complexity index is 1920. The van der Waals surface area contributed by atoms with Crippen molar-refractivity contribution >= 4 is 31.6 Å². The highest BCUT2D eigenvalue weighted by Gasteiger charge is 2.43. The summed E-state index contributed by atoms with van der Waals surface area (Å²) >= 11 is 3.26. The van der Waals surface area contributed by atoms with Gasteiger partial charge in [0, 0.05) is 4.47 Å². The average molecular weight is 719 g/mol. The van der Waals surface area contributed by atoms with Gasteiger partial charge in [-0.15, -0.1) is 10.2 Å². The molecule has 0 radical (unpaired) electrons. The quantitative estimate of drug-likeness (QED) is 0.151. The largest absolute Gasteiger partial charge is 0.497 e. The lowest BCUT2D eigenvalue weighted by molar-refractivity contribution is -0.139. The van der Waals surface area contributed by atoms with Crippen molar-refractivity contribution in [1.29, 1.82) is 0 Å². The van der Waals surface area contributed by atoms with Crippen LogP contribution in [0.2, 0.25) is 0 Å². The van der Waals surface area contributed by atoms with Crippen molar-refractivity contribution < 1.29 is 35.8 Å². The van der Waals surface area contributed by atoms with Crippen molar-refractivity contribution in [1.82, 2.24) is 20.2 Å². The molecule has 1 aromatic heterocycles. The van der Waals surface area contributed by atoms with E-state index in [4.69, 9.17) is 14.2 Å². The van der Waals surface area contributed by atoms with E-state index in [2.05, 4.69) is 31.3 Å². The molecule has 0 aliphatic rings. The Morgan fingerprint density at radius 3 is 1.83 bits per heavy atom. The van der Waals surface area contributed by atoms with Crippen LogP contribution in [0.5, 0.6) is 17.2 Å². The van der Waals surface area contributed by atoms with E-state index < -0.39 is 26.7 Å². The van der Waals surface area contributed by atoms with Crippen LogP contribution in [0.1, 0.15) is 16.7 Å². The number of hydrogen-bond acceptors (Lipinski definition) is 8. The minimum absolute atomic E-state index is 0.0298. The molecular weight excluding hydrogens is 691 g/mol. The Hall–Kier alpha value is -4.63. The summed E-state index contributed by atoms with van der Waals surface area (Å²) in [5.41, 5.74) is -0.416. The Balaban J connectivity index is 1.66. The smallest absolute Gasteiger partial charge is 0.417 e. The van der Waals surface area contributed by atoms with Gasteiger partial charge in [-0.05, 0) is 92.9 Å². The Morgan fingerprint density at radius 1 is 0.783 bits per heavy atom. The van der Waals surface area contributed by atoms with E-state index in [-0.39, 0.29) is 34.6 Å². The molecule has 0 fully saturated rings. The number of tetrazole rings is 1. The molecule has 4 aromatic carbocycles. The van der Waals surface area contributed by atoms with Crippen molar-refractivity contribution in [3.63, 3.8) is 0 Å². The number of alkyl halides is 3. The number of hydrogen-bond donors (Lipinski definition) is 0. The first kappa shape index (κ1) is 32.8. The van der Waals surface area contributed by atoms with Crippen LogP contribution in [-0.2, 0) is 29.3 Å². The number of anilines is 1. The van der Waals surface area contributed by atoms with E-state index in [0.29, 0.717) is 28.9 Å². The van der Waals surface area contributed by atoms with Crippen molar-refractivity contribution in [3.8, 4) is 28.6 Å². The third kappa shape index (κ3) is 6.94. The van der Waals surface area contributed by atoms with Gasteiger partial charge >= 0.3 is 6.18 Å². The first-order chi connectivity index (χ1) is 21.9. The summed E-state index contributed by atoms with van der Waals surface area (Å²) < 4.78 is 89.7. The van der Waals surface area contributed by atoms with Crippen molar-refractivity contribution in [2.45, 2.75) is 24.2 Å². The molecule has 5 rings (SSSR count). The van der Waals surface area contributed by atoms with Crippen LogP contribution in [0.4, 0.5) is 18.9 Å². The molecule has 0 atom stereocenters. The first-order valence-electron chi connectivity index (χ1n) is 13.5. The minimum atomic E-state index is -5.05. The minimum Gasteiger partial charge on any atom is -0.497 e. The summed E-state index contributed by atoms with van der Waals surface area (Å²) in [5, 5.41) is 12.3. The Labute approximate surface area is 271 Å². The summed E-state index contributed by atoms with van der Waals surface area (Å²) in [6.45, 7) is -0.190. The van der Waals surface area contributed by atoms with Crippen LogP contribution in [0.3, 0.4) is 0 Å². The zero-order chi connectivity index (χ0) is 33.1. The van der Waals surface area contributed by atoms with Gasteiger partial charge in [0.2, 0.25) is 5.82 Å². The van der Waals surface area contributed by atoms with E-state index in [1.165, 1.54) is 50.4 Å². The van der Waals surface area contributed by atoms with Crippen LogP contribution in [0.15, 0.2) is 94.3 Å². The molecule has 240 valence electrons. The second kappa shape index (κ2) is 13.4. The monoisotopic (exact) mass is 717 g/mol. The Morgan fingerprint density at radius 2 is 1.30 bits per heavy atom. The second-order valence-corrected chi connectivity index (χ2v) is 12.5. The number of rotatable bonds is 11. The molecule has 0 aliphatic carbocycles. The number of nitrogens with zero attached hydrogens (tertiary/aromatic N) is 5. The van der Waals surface area contributed by atoms with Gasteiger partial charge in [0.25, 0.3) is 10.0 Å². The molecule has 0 bridgehead atoms. The van der Waals surface area contributed by atoms with Crippen molar-refractivity contribution in [2.24, 2.45) is 0 Å². The van der Waals surface area contributed by atoms with Gasteiger partial charge < -0.3 is 14.2 Å². The maximum absolute atomic E-state index is 14.6. The third-order valence-electron chi connectivity index (χ3n) is 6.97. The van der Waals surface area contributed by atoms with Gasteiger partial charge in [0.15, 0.2) is 0 Å². The lowest BCUT2D eigenvalue weighted by Crippen LogP contribution is -2.33. The van der Waals surface area contributed by atoms with E-state index in [9.17, 15) is 21.6 Å². The first-order valence-corrected chi connectivity index (χ1v) is 15.8. The second-order valence-electron chi connectivity index (χ2n) is 9.85. The predicted octanol–water partition coefficient (Wildman–Crippen LogP) is 6.59. The molecule has 0 unspecified atom stereocenters. The van der Waals surface area contributed by atoms with Crippen molar-refractivity contribution in [2.75, 3.05) is 25.6 Å². The van der Waals surface area contributed by atoms with E-state index in [0.717, 1.165) is 15.9 Å². The maximum atomic E-state index is 14.6. The fourth-order valence-electron chi connectivity index (χ4n) is 4.63. The fraction of sp³-hybridized carbons (Fsp3) is 0.194. The molecular formula is C31H27BrF3N5O5S. The molecule has 0 spiro atoms. The lowest BCUT2D eigenvalue weighted by Gasteiger charge is -2.28. The zero-order valence-corrected chi connectivity index (χ0v) is 27.1. The van der Waals surface area contributed by atoms with Crippen molar-refractivity contribution in [3.05, 3.63) is 106 Å². The summed E-state index contributed by atoms with van der Waals surface area (Å²) in [7, 11) is -0.519. The molecule has 0 aliphatic heterocycles. The van der Waals surface area contributed by atoms with Crippen LogP contribution in [0.25, 0.3) is 11.4 Å². The summed E-state index contributed by atoms with van der Waals surface area (Å²) in [4.78, 5) is 0.140. The number of methoxy groups -OCH3 is 3. The molecule has 5 aromatic rings. The molecule has 1 heterocycles. The van der Waals surface area contributed by atoms with Gasteiger partial charge in [0.1, 0.15) is 22.1 Å². The zero-order valence-electron chi connectivity index (χ0n) is 24.7. The molecule has 0 saturated carbocycles. The van der Waals surface area contributed by atoms with Gasteiger partial charge in [-0.3, -0.25) is 4.31 Å². The van der Waals surface area contributed by atoms with E-state index in [1.54, 1.807) is 48.5 Å². The van der Waals surface area contributed by atoms with Crippen LogP contribution in [0, 0.1) is 0 Å². The summed E-state index contributed by atoms with van der Waals surface area (Å²) in [5.74, 6) is 1.28. The molecule has 46 heavy (non-hydrogen) atoms. The summed E-state index contributed by atoms with van der Waals surface area (Å²) in [6.07, 6.45) is -5.05. The van der Waals surface area contributed by atoms with Gasteiger partial charge in [-0.2, -0.15) is 18.0 Å². The topological polar surface area (TPSA) is 109 Å². The molecule has 0 amide bonds. The van der Waals surface area contributed by atoms with Gasteiger partial charge in [0.05, 0.1) is 51.2 Å². The summed E-state index contributed by atoms with van der Waals surface area (Å²) in [6, 6.07) is 21.3. The van der Waals surface area contributed by atoms with Crippen LogP contribution >= 0.6 is 15.9 Å². The SMILES string of the molecule is COc1ccc(CN(c2ccc(OC)cc2)S(=O)(=O)c2c(C(F)(F)F)ccc(Br)c2-c2nnn(Cc3ccc(OC)cc3)n2)cc1. The molecule has 10 nitrogen and oxygen atoms in total. The average Bonchev–Trinajstić information content (AvgIpc) is 3.51. The highest BCUT2D eigenvalue weighted by Crippen LogP contribution is 2.44. The Kier molecular flexibility index (Phi) is 9.53. The molecule has 15 heteroatoms. The number of aromatic nitrogens is 4. The maximum Gasteiger partial charge on any atom is 0.417 e. The van der Waals surface area contributed by atoms with Gasteiger partial charge in [-0.1, -0.05) is 24.3 Å². The van der Waals surface area contributed by atoms with Crippen LogP contribution in [-0.4, -0.2) is 50.0 Å². The highest BCUT2D eigenvalue weighted by molar-refractivity contribution is 9.10. The number of sulfonamides is 1. The normalized spacial score (nSPS) is 11.7. The molecule has 0 saturated heterocycles. The third-order valence-corrected chi connectivity index (χ3v) is 9.49. The fourth-order valence-corrected chi connectivity index (χ4v) is 7.13. The van der Waals surface area contributed by atoms with Crippen LogP contribution < -0.4 is 18.5 Å². The highest BCUT2D eigenvalue weighted by atomic mass is 79.9. The number of ether oxygens (including phenoxy) is 3. The number of benzene rings is 4. The van der Waals surface area contributed by atoms with E-state index in [1.807, 2.05) is 0 Å². The number of halogens is 4. The van der Waals surface area contributed by atoms with E-state index >= 15 is 0 Å². The standard InChI is InChI=1S/C31H27BrF3N5O5S/c1-43-23-10-4-20(5-11-23)18-39(22-8-14-25(45-3)15-9-22)46(41,42)29-26(31(33,34)35)16-17-27(32)28(29)30-36-38-40(37-30)19-21-6-12-24(44-2)13-7-21/h4-17H,18-19H2,1-3H3. The van der Waals surface area contributed by atoms with Gasteiger partial charge in [-0.25, -0.2) is 8.42 Å². The predicted molar refractivity (Wildman–Crippen MR) is 167 cm³/mol.